The second kappa shape index (κ2) is 14.1. The lowest BCUT2D eigenvalue weighted by Crippen LogP contribution is -2.38. The van der Waals surface area contributed by atoms with Gasteiger partial charge in [0.2, 0.25) is 0 Å². The van der Waals surface area contributed by atoms with E-state index in [2.05, 4.69) is 29.6 Å². The van der Waals surface area contributed by atoms with Crippen molar-refractivity contribution in [3.05, 3.63) is 40.7 Å². The Morgan fingerprint density at radius 1 is 1.10 bits per heavy atom. The van der Waals surface area contributed by atoms with E-state index in [-0.39, 0.29) is 24.0 Å². The molecular formula is C22H36IN5O3. The fraction of sp³-hybridized carbons (Fsp3) is 0.545. The topological polar surface area (TPSA) is 81.9 Å². The molecule has 0 radical (unpaired) electrons. The average molecular weight is 545 g/mol. The zero-order valence-electron chi connectivity index (χ0n) is 19.4. The van der Waals surface area contributed by atoms with Crippen molar-refractivity contribution in [2.45, 2.75) is 40.3 Å². The van der Waals surface area contributed by atoms with E-state index in [1.54, 1.807) is 21.3 Å². The first kappa shape index (κ1) is 27.0. The van der Waals surface area contributed by atoms with Crippen molar-refractivity contribution in [3.8, 4) is 11.5 Å². The summed E-state index contributed by atoms with van der Waals surface area (Å²) in [5.74, 6) is 2.27. The third-order valence-electron chi connectivity index (χ3n) is 4.93. The van der Waals surface area contributed by atoms with Gasteiger partial charge in [-0.05, 0) is 44.9 Å². The number of halogens is 1. The first-order valence-corrected chi connectivity index (χ1v) is 10.3. The van der Waals surface area contributed by atoms with Gasteiger partial charge in [0.05, 0.1) is 39.6 Å². The highest BCUT2D eigenvalue weighted by Crippen LogP contribution is 2.27. The summed E-state index contributed by atoms with van der Waals surface area (Å²) in [4.78, 5) is 4.76. The molecule has 2 N–H and O–H groups in total. The summed E-state index contributed by atoms with van der Waals surface area (Å²) < 4.78 is 17.8. The quantitative estimate of drug-likeness (QED) is 0.257. The van der Waals surface area contributed by atoms with Crippen molar-refractivity contribution in [1.82, 2.24) is 20.4 Å². The maximum Gasteiger partial charge on any atom is 0.191 e. The summed E-state index contributed by atoms with van der Waals surface area (Å²) >= 11 is 0. The molecule has 0 fully saturated rings. The molecule has 0 amide bonds. The summed E-state index contributed by atoms with van der Waals surface area (Å²) in [5, 5.41) is 11.3. The minimum atomic E-state index is 0. The highest BCUT2D eigenvalue weighted by Gasteiger charge is 2.11. The summed E-state index contributed by atoms with van der Waals surface area (Å²) in [7, 11) is 4.99. The summed E-state index contributed by atoms with van der Waals surface area (Å²) in [6.45, 7) is 9.69. The van der Waals surface area contributed by atoms with Crippen molar-refractivity contribution in [1.29, 1.82) is 0 Å². The van der Waals surface area contributed by atoms with Crippen LogP contribution in [0.3, 0.4) is 0 Å². The van der Waals surface area contributed by atoms with E-state index in [9.17, 15) is 0 Å². The van der Waals surface area contributed by atoms with Crippen molar-refractivity contribution in [3.63, 3.8) is 0 Å². The van der Waals surface area contributed by atoms with Gasteiger partial charge in [0, 0.05) is 31.5 Å². The Bertz CT molecular complexity index is 839. The molecule has 1 aromatic heterocycles. The van der Waals surface area contributed by atoms with Crippen LogP contribution >= 0.6 is 24.0 Å². The SMILES string of the molecule is CCNC(=NCc1c(C)nn(CCOC)c1C)NCCc1ccc(OC)c(OC)c1.I. The third kappa shape index (κ3) is 7.88. The molecule has 0 aliphatic heterocycles. The highest BCUT2D eigenvalue weighted by atomic mass is 127. The molecule has 174 valence electrons. The molecule has 9 heteroatoms. The van der Waals surface area contributed by atoms with E-state index < -0.39 is 0 Å². The first-order valence-electron chi connectivity index (χ1n) is 10.3. The zero-order chi connectivity index (χ0) is 21.9. The van der Waals surface area contributed by atoms with Gasteiger partial charge >= 0.3 is 0 Å². The van der Waals surface area contributed by atoms with Gasteiger partial charge in [0.1, 0.15) is 0 Å². The van der Waals surface area contributed by atoms with E-state index in [0.717, 1.165) is 60.5 Å². The second-order valence-corrected chi connectivity index (χ2v) is 6.93. The van der Waals surface area contributed by atoms with Crippen LogP contribution < -0.4 is 20.1 Å². The molecule has 2 rings (SSSR count). The normalized spacial score (nSPS) is 11.1. The van der Waals surface area contributed by atoms with Gasteiger partial charge in [0.25, 0.3) is 0 Å². The number of ether oxygens (including phenoxy) is 3. The second-order valence-electron chi connectivity index (χ2n) is 6.93. The van der Waals surface area contributed by atoms with Gasteiger partial charge in [-0.2, -0.15) is 5.10 Å². The number of benzene rings is 1. The Balaban J connectivity index is 0.00000480. The van der Waals surface area contributed by atoms with E-state index in [4.69, 9.17) is 19.2 Å². The number of aliphatic imine (C=N–C) groups is 1. The summed E-state index contributed by atoms with van der Waals surface area (Å²) in [6.07, 6.45) is 0.845. The minimum Gasteiger partial charge on any atom is -0.493 e. The van der Waals surface area contributed by atoms with Gasteiger partial charge in [-0.3, -0.25) is 4.68 Å². The molecule has 1 aromatic carbocycles. The number of aromatic nitrogens is 2. The van der Waals surface area contributed by atoms with Crippen LogP contribution in [0.25, 0.3) is 0 Å². The molecule has 0 atom stereocenters. The molecule has 0 saturated carbocycles. The Morgan fingerprint density at radius 3 is 2.48 bits per heavy atom. The number of hydrogen-bond donors (Lipinski definition) is 2. The lowest BCUT2D eigenvalue weighted by molar-refractivity contribution is 0.182. The van der Waals surface area contributed by atoms with Gasteiger partial charge < -0.3 is 24.8 Å². The van der Waals surface area contributed by atoms with Crippen LogP contribution in [0.2, 0.25) is 0 Å². The van der Waals surface area contributed by atoms with Crippen molar-refractivity contribution < 1.29 is 14.2 Å². The minimum absolute atomic E-state index is 0. The molecule has 1 heterocycles. The van der Waals surface area contributed by atoms with E-state index in [1.165, 1.54) is 5.56 Å². The Hall–Kier alpha value is -2.01. The number of guanidine groups is 1. The van der Waals surface area contributed by atoms with Crippen LogP contribution in [0.1, 0.15) is 29.4 Å². The largest absolute Gasteiger partial charge is 0.493 e. The Morgan fingerprint density at radius 2 is 1.84 bits per heavy atom. The van der Waals surface area contributed by atoms with Gasteiger partial charge in [0.15, 0.2) is 17.5 Å². The standard InChI is InChI=1S/C22H35N5O3.HI/c1-7-23-22(24-11-10-18-8-9-20(29-5)21(14-18)30-6)25-15-19-16(2)26-27(17(19)3)12-13-28-4;/h8-9,14H,7,10-13,15H2,1-6H3,(H2,23,24,25);1H. The van der Waals surface area contributed by atoms with Crippen LogP contribution in [-0.2, 0) is 24.2 Å². The lowest BCUT2D eigenvalue weighted by Gasteiger charge is -2.13. The molecule has 0 aliphatic rings. The Labute approximate surface area is 202 Å². The molecule has 31 heavy (non-hydrogen) atoms. The molecule has 0 bridgehead atoms. The van der Waals surface area contributed by atoms with Crippen LogP contribution in [0.5, 0.6) is 11.5 Å². The van der Waals surface area contributed by atoms with Crippen molar-refractivity contribution >= 4 is 29.9 Å². The van der Waals surface area contributed by atoms with Crippen LogP contribution in [0.4, 0.5) is 0 Å². The molecular weight excluding hydrogens is 509 g/mol. The van der Waals surface area contributed by atoms with E-state index >= 15 is 0 Å². The van der Waals surface area contributed by atoms with Crippen LogP contribution in [-0.4, -0.2) is 56.8 Å². The predicted octanol–water partition coefficient (Wildman–Crippen LogP) is 3.08. The van der Waals surface area contributed by atoms with Crippen LogP contribution in [0.15, 0.2) is 23.2 Å². The average Bonchev–Trinajstić information content (AvgIpc) is 3.02. The van der Waals surface area contributed by atoms with Gasteiger partial charge in [-0.1, -0.05) is 6.07 Å². The number of rotatable bonds is 11. The molecule has 8 nitrogen and oxygen atoms in total. The highest BCUT2D eigenvalue weighted by molar-refractivity contribution is 14.0. The van der Waals surface area contributed by atoms with Gasteiger partial charge in [-0.25, -0.2) is 4.99 Å². The maximum absolute atomic E-state index is 5.38. The fourth-order valence-electron chi connectivity index (χ4n) is 3.22. The molecule has 0 spiro atoms. The Kier molecular flexibility index (Phi) is 12.3. The molecule has 0 aliphatic carbocycles. The van der Waals surface area contributed by atoms with Crippen molar-refractivity contribution in [2.75, 3.05) is 41.0 Å². The first-order chi connectivity index (χ1) is 14.5. The lowest BCUT2D eigenvalue weighted by atomic mass is 10.1. The van der Waals surface area contributed by atoms with E-state index in [0.29, 0.717) is 13.2 Å². The van der Waals surface area contributed by atoms with Crippen molar-refractivity contribution in [2.24, 2.45) is 4.99 Å². The summed E-state index contributed by atoms with van der Waals surface area (Å²) in [5.41, 5.74) is 4.47. The molecule has 2 aromatic rings. The van der Waals surface area contributed by atoms with Crippen LogP contribution in [0, 0.1) is 13.8 Å². The maximum atomic E-state index is 5.38. The number of nitrogens with one attached hydrogen (secondary N) is 2. The van der Waals surface area contributed by atoms with Gasteiger partial charge in [-0.15, -0.1) is 24.0 Å². The number of hydrogen-bond acceptors (Lipinski definition) is 5. The number of nitrogens with zero attached hydrogens (tertiary/aromatic N) is 3. The summed E-state index contributed by atoms with van der Waals surface area (Å²) in [6, 6.07) is 5.99. The molecule has 0 saturated heterocycles. The predicted molar refractivity (Wildman–Crippen MR) is 135 cm³/mol. The molecule has 0 unspecified atom stereocenters. The monoisotopic (exact) mass is 545 g/mol. The zero-order valence-corrected chi connectivity index (χ0v) is 21.8. The number of aryl methyl sites for hydroxylation is 1. The van der Waals surface area contributed by atoms with E-state index in [1.807, 2.05) is 29.8 Å². The third-order valence-corrected chi connectivity index (χ3v) is 4.93. The smallest absolute Gasteiger partial charge is 0.191 e. The fourth-order valence-corrected chi connectivity index (χ4v) is 3.22. The number of methoxy groups -OCH3 is 3.